The third-order valence-electron chi connectivity index (χ3n) is 2.53. The molecule has 0 saturated carbocycles. The number of benzene rings is 1. The predicted molar refractivity (Wildman–Crippen MR) is 67.3 cm³/mol. The van der Waals surface area contributed by atoms with E-state index >= 15 is 0 Å². The van der Waals surface area contributed by atoms with E-state index in [4.69, 9.17) is 4.43 Å². The van der Waals surface area contributed by atoms with Crippen molar-refractivity contribution in [3.8, 4) is 0 Å². The van der Waals surface area contributed by atoms with Crippen LogP contribution in [0.4, 0.5) is 0 Å². The van der Waals surface area contributed by atoms with Crippen molar-refractivity contribution in [1.29, 1.82) is 0 Å². The lowest BCUT2D eigenvalue weighted by Crippen LogP contribution is -2.24. The molecule has 0 aliphatic heterocycles. The summed E-state index contributed by atoms with van der Waals surface area (Å²) in [6.07, 6.45) is 2.24. The first-order valence-electron chi connectivity index (χ1n) is 5.47. The van der Waals surface area contributed by atoms with Crippen LogP contribution in [-0.2, 0) is 4.43 Å². The number of fused-ring (bicyclic) bond motifs is 1. The molecular weight excluding hydrogens is 200 g/mol. The van der Waals surface area contributed by atoms with E-state index in [2.05, 4.69) is 56.9 Å². The smallest absolute Gasteiger partial charge is 0.242 e. The minimum Gasteiger partial charge on any atom is -0.544 e. The molecule has 0 bridgehead atoms. The summed E-state index contributed by atoms with van der Waals surface area (Å²) in [6, 6.07) is 8.53. The molecule has 0 saturated heterocycles. The Morgan fingerprint density at radius 3 is 2.47 bits per heavy atom. The van der Waals surface area contributed by atoms with Gasteiger partial charge in [-0.25, -0.2) is 0 Å². The summed E-state index contributed by atoms with van der Waals surface area (Å²) < 4.78 is 6.10. The van der Waals surface area contributed by atoms with E-state index in [-0.39, 0.29) is 0 Å². The summed E-state index contributed by atoms with van der Waals surface area (Å²) in [6.45, 7) is 8.89. The van der Waals surface area contributed by atoms with Gasteiger partial charge in [-0.2, -0.15) is 0 Å². The van der Waals surface area contributed by atoms with Gasteiger partial charge in [0.1, 0.15) is 5.76 Å². The average molecular weight is 218 g/mol. The van der Waals surface area contributed by atoms with E-state index in [9.17, 15) is 0 Å². The summed E-state index contributed by atoms with van der Waals surface area (Å²) in [5.41, 5.74) is 2.68. The fourth-order valence-corrected chi connectivity index (χ4v) is 2.78. The molecule has 1 unspecified atom stereocenters. The molecule has 1 aliphatic carbocycles. The van der Waals surface area contributed by atoms with Crippen LogP contribution in [0.3, 0.4) is 0 Å². The molecule has 0 radical (unpaired) electrons. The first-order valence-corrected chi connectivity index (χ1v) is 8.88. The largest absolute Gasteiger partial charge is 0.544 e. The van der Waals surface area contributed by atoms with E-state index in [1.807, 2.05) is 0 Å². The zero-order valence-corrected chi connectivity index (χ0v) is 10.9. The van der Waals surface area contributed by atoms with Crippen molar-refractivity contribution in [3.63, 3.8) is 0 Å². The molecule has 15 heavy (non-hydrogen) atoms. The second kappa shape index (κ2) is 3.53. The maximum atomic E-state index is 6.10. The van der Waals surface area contributed by atoms with Gasteiger partial charge in [-0.3, -0.25) is 0 Å². The Morgan fingerprint density at radius 1 is 1.13 bits per heavy atom. The third-order valence-corrected chi connectivity index (χ3v) is 3.37. The monoisotopic (exact) mass is 218 g/mol. The lowest BCUT2D eigenvalue weighted by molar-refractivity contribution is 0.515. The zero-order valence-electron chi connectivity index (χ0n) is 9.87. The van der Waals surface area contributed by atoms with Gasteiger partial charge in [-0.1, -0.05) is 31.2 Å². The standard InChI is InChI=1S/C13H18OSi/c1-10-9-13(14-15(2,3)4)12-8-6-5-7-11(10)12/h5-10H,1-4H3. The van der Waals surface area contributed by atoms with Crippen molar-refractivity contribution >= 4 is 14.1 Å². The molecular formula is C13H18OSi. The van der Waals surface area contributed by atoms with Crippen LogP contribution in [0.2, 0.25) is 19.6 Å². The second-order valence-corrected chi connectivity index (χ2v) is 9.55. The zero-order chi connectivity index (χ0) is 11.1. The molecule has 2 heteroatoms. The van der Waals surface area contributed by atoms with Crippen LogP contribution in [0.1, 0.15) is 24.0 Å². The molecule has 0 fully saturated rings. The summed E-state index contributed by atoms with van der Waals surface area (Å²) in [5, 5.41) is 0. The highest BCUT2D eigenvalue weighted by atomic mass is 28.4. The Bertz CT molecular complexity index is 401. The number of hydrogen-bond acceptors (Lipinski definition) is 1. The van der Waals surface area contributed by atoms with Crippen LogP contribution in [0, 0.1) is 0 Å². The Labute approximate surface area is 92.9 Å². The minimum atomic E-state index is -1.49. The van der Waals surface area contributed by atoms with Gasteiger partial charge in [-0.05, 0) is 31.3 Å². The van der Waals surface area contributed by atoms with Crippen LogP contribution in [0.5, 0.6) is 0 Å². The highest BCUT2D eigenvalue weighted by molar-refractivity contribution is 6.70. The third kappa shape index (κ3) is 2.15. The van der Waals surface area contributed by atoms with Crippen LogP contribution >= 0.6 is 0 Å². The average Bonchev–Trinajstić information content (AvgIpc) is 2.42. The maximum absolute atomic E-state index is 6.10. The topological polar surface area (TPSA) is 9.23 Å². The summed E-state index contributed by atoms with van der Waals surface area (Å²) in [5.74, 6) is 1.59. The van der Waals surface area contributed by atoms with Crippen LogP contribution < -0.4 is 0 Å². The second-order valence-electron chi connectivity index (χ2n) is 5.12. The van der Waals surface area contributed by atoms with Crippen molar-refractivity contribution in [2.24, 2.45) is 0 Å². The van der Waals surface area contributed by atoms with Gasteiger partial charge >= 0.3 is 0 Å². The SMILES string of the molecule is CC1C=C(O[Si](C)(C)C)c2ccccc21. The summed E-state index contributed by atoms with van der Waals surface area (Å²) >= 11 is 0. The molecule has 0 aromatic heterocycles. The molecule has 1 aliphatic rings. The van der Waals surface area contributed by atoms with Gasteiger partial charge in [-0.15, -0.1) is 0 Å². The molecule has 0 amide bonds. The van der Waals surface area contributed by atoms with Crippen LogP contribution in [0.25, 0.3) is 5.76 Å². The van der Waals surface area contributed by atoms with Gasteiger partial charge in [0.15, 0.2) is 0 Å². The van der Waals surface area contributed by atoms with Crippen molar-refractivity contribution in [1.82, 2.24) is 0 Å². The highest BCUT2D eigenvalue weighted by Gasteiger charge is 2.25. The lowest BCUT2D eigenvalue weighted by Gasteiger charge is -2.20. The van der Waals surface area contributed by atoms with Crippen LogP contribution in [0.15, 0.2) is 30.3 Å². The fourth-order valence-electron chi connectivity index (χ4n) is 1.94. The summed E-state index contributed by atoms with van der Waals surface area (Å²) in [4.78, 5) is 0. The van der Waals surface area contributed by atoms with E-state index < -0.39 is 8.32 Å². The quantitative estimate of drug-likeness (QED) is 0.682. The molecule has 80 valence electrons. The Morgan fingerprint density at radius 2 is 1.80 bits per heavy atom. The number of hydrogen-bond donors (Lipinski definition) is 0. The van der Waals surface area contributed by atoms with Crippen molar-refractivity contribution < 1.29 is 4.43 Å². The van der Waals surface area contributed by atoms with Gasteiger partial charge in [0, 0.05) is 11.5 Å². The number of allylic oxidation sites excluding steroid dienone is 1. The Balaban J connectivity index is 2.33. The first kappa shape index (κ1) is 10.5. The van der Waals surface area contributed by atoms with Crippen LogP contribution in [-0.4, -0.2) is 8.32 Å². The Kier molecular flexibility index (Phi) is 2.47. The van der Waals surface area contributed by atoms with Gasteiger partial charge in [0.25, 0.3) is 0 Å². The minimum absolute atomic E-state index is 0.493. The normalized spacial score (nSPS) is 19.7. The molecule has 2 rings (SSSR count). The molecule has 0 spiro atoms. The van der Waals surface area contributed by atoms with E-state index in [1.165, 1.54) is 11.1 Å². The predicted octanol–water partition coefficient (Wildman–Crippen LogP) is 4.00. The molecule has 0 heterocycles. The van der Waals surface area contributed by atoms with E-state index in [1.54, 1.807) is 0 Å². The molecule has 1 atom stereocenters. The highest BCUT2D eigenvalue weighted by Crippen LogP contribution is 2.37. The van der Waals surface area contributed by atoms with Crippen molar-refractivity contribution in [2.75, 3.05) is 0 Å². The number of rotatable bonds is 2. The molecule has 1 nitrogen and oxygen atoms in total. The Hall–Kier alpha value is -1.02. The van der Waals surface area contributed by atoms with Crippen molar-refractivity contribution in [3.05, 3.63) is 41.5 Å². The molecule has 1 aromatic rings. The molecule has 1 aromatic carbocycles. The lowest BCUT2D eigenvalue weighted by atomic mass is 10.0. The van der Waals surface area contributed by atoms with E-state index in [0.717, 1.165) is 5.76 Å². The van der Waals surface area contributed by atoms with E-state index in [0.29, 0.717) is 5.92 Å². The maximum Gasteiger partial charge on any atom is 0.242 e. The molecule has 0 N–H and O–H groups in total. The van der Waals surface area contributed by atoms with Gasteiger partial charge < -0.3 is 4.43 Å². The van der Waals surface area contributed by atoms with Gasteiger partial charge in [0.05, 0.1) is 0 Å². The van der Waals surface area contributed by atoms with Crippen molar-refractivity contribution in [2.45, 2.75) is 32.5 Å². The fraction of sp³-hybridized carbons (Fsp3) is 0.385. The summed E-state index contributed by atoms with van der Waals surface area (Å²) in [7, 11) is -1.49. The first-order chi connectivity index (χ1) is 6.97. The van der Waals surface area contributed by atoms with Gasteiger partial charge in [0.2, 0.25) is 8.32 Å².